The molecule has 1 aromatic carbocycles. The summed E-state index contributed by atoms with van der Waals surface area (Å²) in [6.07, 6.45) is 6.87. The minimum atomic E-state index is -0.459. The molecule has 0 aromatic heterocycles. The van der Waals surface area contributed by atoms with E-state index >= 15 is 0 Å². The summed E-state index contributed by atoms with van der Waals surface area (Å²) < 4.78 is 5.31. The number of hydrogen-bond acceptors (Lipinski definition) is 3. The molecular formula is C20H26N2O2. The van der Waals surface area contributed by atoms with E-state index in [2.05, 4.69) is 41.7 Å². The minimum Gasteiger partial charge on any atom is -0.444 e. The smallest absolute Gasteiger partial charge is 0.407 e. The molecule has 4 nitrogen and oxygen atoms in total. The van der Waals surface area contributed by atoms with Crippen molar-refractivity contribution in [1.29, 1.82) is 0 Å². The first kappa shape index (κ1) is 16.6. The number of allylic oxidation sites excluding steroid dienone is 4. The molecule has 3 rings (SSSR count). The second-order valence-corrected chi connectivity index (χ2v) is 7.63. The molecule has 24 heavy (non-hydrogen) atoms. The van der Waals surface area contributed by atoms with Gasteiger partial charge in [0.25, 0.3) is 0 Å². The number of nitrogens with one attached hydrogen (secondary N) is 1. The lowest BCUT2D eigenvalue weighted by Crippen LogP contribution is -2.34. The van der Waals surface area contributed by atoms with Gasteiger partial charge in [-0.1, -0.05) is 30.3 Å². The molecule has 0 spiro atoms. The Morgan fingerprint density at radius 2 is 1.96 bits per heavy atom. The molecule has 4 heteroatoms. The zero-order valence-electron chi connectivity index (χ0n) is 14.6. The zero-order valence-corrected chi connectivity index (χ0v) is 14.6. The van der Waals surface area contributed by atoms with Crippen LogP contribution in [0, 0.1) is 0 Å². The highest BCUT2D eigenvalue weighted by atomic mass is 16.6. The van der Waals surface area contributed by atoms with E-state index in [4.69, 9.17) is 10.5 Å². The predicted octanol–water partition coefficient (Wildman–Crippen LogP) is 4.09. The van der Waals surface area contributed by atoms with Crippen LogP contribution in [0.25, 0.3) is 5.57 Å². The second kappa shape index (κ2) is 6.34. The lowest BCUT2D eigenvalue weighted by Gasteiger charge is -2.19. The number of carbonyl (C=O) groups excluding carboxylic acids is 1. The third-order valence-electron chi connectivity index (χ3n) is 4.30. The summed E-state index contributed by atoms with van der Waals surface area (Å²) in [6.45, 7) is 5.62. The van der Waals surface area contributed by atoms with Crippen LogP contribution < -0.4 is 11.1 Å². The fraction of sp³-hybridized carbons (Fsp3) is 0.450. The summed E-state index contributed by atoms with van der Waals surface area (Å²) in [5, 5.41) is 2.94. The third kappa shape index (κ3) is 4.19. The highest BCUT2D eigenvalue weighted by Crippen LogP contribution is 2.41. The second-order valence-electron chi connectivity index (χ2n) is 7.63. The quantitative estimate of drug-likeness (QED) is 0.879. The van der Waals surface area contributed by atoms with Gasteiger partial charge in [0.1, 0.15) is 5.60 Å². The highest BCUT2D eigenvalue weighted by molar-refractivity contribution is 5.75. The Hall–Kier alpha value is -2.23. The zero-order chi connectivity index (χ0) is 17.3. The third-order valence-corrected chi connectivity index (χ3v) is 4.30. The maximum Gasteiger partial charge on any atom is 0.407 e. The van der Waals surface area contributed by atoms with Gasteiger partial charge in [-0.3, -0.25) is 0 Å². The lowest BCUT2D eigenvalue weighted by molar-refractivity contribution is 0.0523. The van der Waals surface area contributed by atoms with Crippen LogP contribution in [0.1, 0.15) is 57.1 Å². The van der Waals surface area contributed by atoms with E-state index in [9.17, 15) is 4.79 Å². The standard InChI is InChI=1S/C20H26N2O2/c1-20(2,3)24-19(23)22-18-12-17(18)14-9-7-13(8-10-14)15-5-4-6-16(21)11-15/h5,7-11,17-18H,4,6,12,21H2,1-3H3,(H,22,23)/t17-,18+/m1/s1. The molecule has 1 amide bonds. The lowest BCUT2D eigenvalue weighted by atomic mass is 9.96. The maximum atomic E-state index is 11.8. The summed E-state index contributed by atoms with van der Waals surface area (Å²) in [4.78, 5) is 11.8. The van der Waals surface area contributed by atoms with Crippen molar-refractivity contribution >= 4 is 11.7 Å². The molecule has 0 bridgehead atoms. The van der Waals surface area contributed by atoms with E-state index in [1.165, 1.54) is 16.7 Å². The van der Waals surface area contributed by atoms with Crippen LogP contribution >= 0.6 is 0 Å². The van der Waals surface area contributed by atoms with Gasteiger partial charge in [-0.25, -0.2) is 4.79 Å². The topological polar surface area (TPSA) is 64.3 Å². The van der Waals surface area contributed by atoms with Gasteiger partial charge in [-0.15, -0.1) is 0 Å². The highest BCUT2D eigenvalue weighted by Gasteiger charge is 2.40. The molecule has 1 fully saturated rings. The van der Waals surface area contributed by atoms with Crippen molar-refractivity contribution < 1.29 is 9.53 Å². The van der Waals surface area contributed by atoms with Crippen molar-refractivity contribution in [3.05, 3.63) is 53.2 Å². The Morgan fingerprint density at radius 3 is 2.58 bits per heavy atom. The van der Waals surface area contributed by atoms with Crippen molar-refractivity contribution in [2.45, 2.75) is 57.6 Å². The molecule has 2 aliphatic rings. The van der Waals surface area contributed by atoms with Gasteiger partial charge in [-0.2, -0.15) is 0 Å². The molecule has 0 radical (unpaired) electrons. The summed E-state index contributed by atoms with van der Waals surface area (Å²) in [7, 11) is 0. The molecule has 1 saturated carbocycles. The molecule has 1 aromatic rings. The van der Waals surface area contributed by atoms with Crippen LogP contribution in [0.2, 0.25) is 0 Å². The van der Waals surface area contributed by atoms with Crippen LogP contribution in [0.4, 0.5) is 4.79 Å². The van der Waals surface area contributed by atoms with Gasteiger partial charge in [0, 0.05) is 17.7 Å². The molecule has 2 atom stereocenters. The minimum absolute atomic E-state index is 0.176. The monoisotopic (exact) mass is 326 g/mol. The van der Waals surface area contributed by atoms with Crippen LogP contribution in [-0.4, -0.2) is 17.7 Å². The van der Waals surface area contributed by atoms with Crippen molar-refractivity contribution in [3.63, 3.8) is 0 Å². The molecule has 2 aliphatic carbocycles. The van der Waals surface area contributed by atoms with Crippen molar-refractivity contribution in [2.24, 2.45) is 5.73 Å². The number of alkyl carbamates (subject to hydrolysis) is 1. The van der Waals surface area contributed by atoms with Crippen LogP contribution in [0.5, 0.6) is 0 Å². The average Bonchev–Trinajstić information content (AvgIpc) is 3.24. The number of ether oxygens (including phenoxy) is 1. The first-order chi connectivity index (χ1) is 11.3. The Bertz CT molecular complexity index is 681. The number of nitrogens with two attached hydrogens (primary N) is 1. The number of hydrogen-bond donors (Lipinski definition) is 2. The first-order valence-corrected chi connectivity index (χ1v) is 8.58. The van der Waals surface area contributed by atoms with E-state index in [0.717, 1.165) is 25.0 Å². The van der Waals surface area contributed by atoms with Crippen molar-refractivity contribution in [3.8, 4) is 0 Å². The summed E-state index contributed by atoms with van der Waals surface area (Å²) in [5.74, 6) is 0.382. The average molecular weight is 326 g/mol. The number of rotatable bonds is 3. The Morgan fingerprint density at radius 1 is 1.25 bits per heavy atom. The SMILES string of the molecule is CC(C)(C)OC(=O)N[C@H]1C[C@@H]1c1ccc(C2=CCCC(N)=C2)cc1. The van der Waals surface area contributed by atoms with Crippen LogP contribution in [0.15, 0.2) is 42.1 Å². The number of carbonyl (C=O) groups is 1. The normalized spacial score (nSPS) is 23.1. The van der Waals surface area contributed by atoms with Crippen LogP contribution in [0.3, 0.4) is 0 Å². The maximum absolute atomic E-state index is 11.8. The van der Waals surface area contributed by atoms with E-state index in [1.807, 2.05) is 20.8 Å². The number of amides is 1. The molecule has 0 heterocycles. The molecule has 128 valence electrons. The molecule has 0 unspecified atom stereocenters. The first-order valence-electron chi connectivity index (χ1n) is 8.58. The predicted molar refractivity (Wildman–Crippen MR) is 96.4 cm³/mol. The van der Waals surface area contributed by atoms with E-state index in [-0.39, 0.29) is 12.1 Å². The Labute approximate surface area is 143 Å². The van der Waals surface area contributed by atoms with Gasteiger partial charge in [0.15, 0.2) is 0 Å². The molecule has 0 saturated heterocycles. The fourth-order valence-corrected chi connectivity index (χ4v) is 3.03. The van der Waals surface area contributed by atoms with E-state index < -0.39 is 5.60 Å². The largest absolute Gasteiger partial charge is 0.444 e. The van der Waals surface area contributed by atoms with Gasteiger partial charge in [0.05, 0.1) is 0 Å². The van der Waals surface area contributed by atoms with Crippen molar-refractivity contribution in [1.82, 2.24) is 5.32 Å². The Kier molecular flexibility index (Phi) is 4.39. The Balaban J connectivity index is 1.58. The molecule has 0 aliphatic heterocycles. The van der Waals surface area contributed by atoms with E-state index in [0.29, 0.717) is 5.92 Å². The van der Waals surface area contributed by atoms with Gasteiger partial charge in [0.2, 0.25) is 0 Å². The summed E-state index contributed by atoms with van der Waals surface area (Å²) in [5.41, 5.74) is 10.1. The fourth-order valence-electron chi connectivity index (χ4n) is 3.03. The van der Waals surface area contributed by atoms with Crippen molar-refractivity contribution in [2.75, 3.05) is 0 Å². The van der Waals surface area contributed by atoms with Crippen LogP contribution in [-0.2, 0) is 4.74 Å². The molecular weight excluding hydrogens is 300 g/mol. The summed E-state index contributed by atoms with van der Waals surface area (Å²) >= 11 is 0. The van der Waals surface area contributed by atoms with E-state index in [1.54, 1.807) is 0 Å². The molecule has 3 N–H and O–H groups in total. The number of benzene rings is 1. The van der Waals surface area contributed by atoms with Gasteiger partial charge < -0.3 is 15.8 Å². The van der Waals surface area contributed by atoms with Gasteiger partial charge in [-0.05, 0) is 62.8 Å². The summed E-state index contributed by atoms with van der Waals surface area (Å²) in [6, 6.07) is 8.75. The van der Waals surface area contributed by atoms with Gasteiger partial charge >= 0.3 is 6.09 Å².